The van der Waals surface area contributed by atoms with Crippen molar-refractivity contribution in [2.24, 2.45) is 5.92 Å². The molecule has 0 aliphatic carbocycles. The number of aromatic nitrogens is 2. The van der Waals surface area contributed by atoms with E-state index in [1.807, 2.05) is 30.3 Å². The molecule has 2 rings (SSSR count). The summed E-state index contributed by atoms with van der Waals surface area (Å²) in [6.45, 7) is 4.36. The Kier molecular flexibility index (Phi) is 6.26. The number of benzene rings is 1. The van der Waals surface area contributed by atoms with E-state index >= 15 is 0 Å². The lowest BCUT2D eigenvalue weighted by atomic mass is 10.1. The smallest absolute Gasteiger partial charge is 0.236 e. The molecular weight excluding hydrogens is 284 g/mol. The Morgan fingerprint density at radius 2 is 2.00 bits per heavy atom. The predicted octanol–water partition coefficient (Wildman–Crippen LogP) is 3.63. The minimum absolute atomic E-state index is 0.459. The highest BCUT2D eigenvalue weighted by Crippen LogP contribution is 2.20. The molecule has 1 N–H and O–H groups in total. The van der Waals surface area contributed by atoms with Crippen LogP contribution in [0.4, 0.5) is 0 Å². The monoisotopic (exact) mass is 306 g/mol. The van der Waals surface area contributed by atoms with Crippen molar-refractivity contribution in [3.05, 3.63) is 47.6 Å². The molecule has 1 atom stereocenters. The number of aliphatic hydroxyl groups excluding tert-OH is 1. The first-order valence-corrected chi connectivity index (χ1v) is 8.43. The van der Waals surface area contributed by atoms with Gasteiger partial charge in [-0.3, -0.25) is 0 Å². The van der Waals surface area contributed by atoms with Crippen LogP contribution in [0.2, 0.25) is 0 Å². The zero-order chi connectivity index (χ0) is 15.1. The van der Waals surface area contributed by atoms with Crippen molar-refractivity contribution >= 4 is 11.8 Å². The van der Waals surface area contributed by atoms with E-state index in [4.69, 9.17) is 4.52 Å². The van der Waals surface area contributed by atoms with Crippen molar-refractivity contribution in [3.8, 4) is 0 Å². The number of aryl methyl sites for hydroxylation is 1. The van der Waals surface area contributed by atoms with Gasteiger partial charge < -0.3 is 9.63 Å². The highest BCUT2D eigenvalue weighted by molar-refractivity contribution is 7.98. The van der Waals surface area contributed by atoms with Crippen LogP contribution in [0.1, 0.15) is 43.7 Å². The van der Waals surface area contributed by atoms with Crippen LogP contribution < -0.4 is 0 Å². The van der Waals surface area contributed by atoms with Gasteiger partial charge in [0, 0.05) is 12.2 Å². The van der Waals surface area contributed by atoms with Gasteiger partial charge in [0.05, 0.1) is 11.9 Å². The standard InChI is InChI=1S/C16H22N2O2S/c1-12(2)8-9-15-17-16(20-18-15)11-21-10-14(19)13-6-4-3-5-7-13/h3-7,12,14,19H,8-11H2,1-2H3. The molecule has 0 bridgehead atoms. The van der Waals surface area contributed by atoms with E-state index in [1.165, 1.54) is 0 Å². The van der Waals surface area contributed by atoms with Crippen molar-refractivity contribution < 1.29 is 9.63 Å². The van der Waals surface area contributed by atoms with Crippen molar-refractivity contribution in [2.75, 3.05) is 5.75 Å². The molecule has 21 heavy (non-hydrogen) atoms. The van der Waals surface area contributed by atoms with E-state index < -0.39 is 6.10 Å². The number of rotatable bonds is 8. The summed E-state index contributed by atoms with van der Waals surface area (Å²) in [5.41, 5.74) is 0.938. The average molecular weight is 306 g/mol. The summed E-state index contributed by atoms with van der Waals surface area (Å²) in [6.07, 6.45) is 1.47. The molecule has 1 aromatic carbocycles. The number of thioether (sulfide) groups is 1. The zero-order valence-electron chi connectivity index (χ0n) is 12.5. The van der Waals surface area contributed by atoms with E-state index in [9.17, 15) is 5.11 Å². The molecule has 0 aliphatic rings. The van der Waals surface area contributed by atoms with Gasteiger partial charge in [-0.05, 0) is 17.9 Å². The minimum Gasteiger partial charge on any atom is -0.388 e. The Labute approximate surface area is 130 Å². The molecule has 5 heteroatoms. The average Bonchev–Trinajstić information content (AvgIpc) is 2.94. The van der Waals surface area contributed by atoms with Crippen LogP contribution in [-0.4, -0.2) is 21.0 Å². The van der Waals surface area contributed by atoms with Gasteiger partial charge in [0.1, 0.15) is 0 Å². The number of hydrogen-bond donors (Lipinski definition) is 1. The topological polar surface area (TPSA) is 59.2 Å². The third kappa shape index (κ3) is 5.52. The van der Waals surface area contributed by atoms with Crippen molar-refractivity contribution in [2.45, 2.75) is 38.5 Å². The molecule has 0 amide bonds. The van der Waals surface area contributed by atoms with E-state index in [0.29, 0.717) is 23.3 Å². The zero-order valence-corrected chi connectivity index (χ0v) is 13.3. The van der Waals surface area contributed by atoms with Gasteiger partial charge in [-0.1, -0.05) is 49.3 Å². The highest BCUT2D eigenvalue weighted by atomic mass is 32.2. The van der Waals surface area contributed by atoms with Crippen LogP contribution >= 0.6 is 11.8 Å². The first-order chi connectivity index (χ1) is 10.1. The third-order valence-corrected chi connectivity index (χ3v) is 4.14. The molecule has 2 aromatic rings. The van der Waals surface area contributed by atoms with Gasteiger partial charge in [0.15, 0.2) is 5.82 Å². The van der Waals surface area contributed by atoms with Crippen LogP contribution in [0.3, 0.4) is 0 Å². The van der Waals surface area contributed by atoms with Crippen molar-refractivity contribution in [1.82, 2.24) is 10.1 Å². The summed E-state index contributed by atoms with van der Waals surface area (Å²) in [5.74, 6) is 3.32. The molecule has 0 spiro atoms. The third-order valence-electron chi connectivity index (χ3n) is 3.14. The lowest BCUT2D eigenvalue weighted by Crippen LogP contribution is -2.00. The SMILES string of the molecule is CC(C)CCc1noc(CSCC(O)c2ccccc2)n1. The van der Waals surface area contributed by atoms with Gasteiger partial charge >= 0.3 is 0 Å². The molecule has 0 saturated carbocycles. The normalized spacial score (nSPS) is 12.8. The second kappa shape index (κ2) is 8.20. The molecule has 1 heterocycles. The molecule has 0 fully saturated rings. The Morgan fingerprint density at radius 3 is 2.71 bits per heavy atom. The van der Waals surface area contributed by atoms with Crippen LogP contribution in [0.25, 0.3) is 0 Å². The second-order valence-electron chi connectivity index (χ2n) is 5.48. The lowest BCUT2D eigenvalue weighted by molar-refractivity contribution is 0.204. The van der Waals surface area contributed by atoms with Gasteiger partial charge in [-0.15, -0.1) is 11.8 Å². The summed E-state index contributed by atoms with van der Waals surface area (Å²) in [6, 6.07) is 9.68. The second-order valence-corrected chi connectivity index (χ2v) is 6.51. The van der Waals surface area contributed by atoms with E-state index in [-0.39, 0.29) is 0 Å². The molecule has 0 saturated heterocycles. The Morgan fingerprint density at radius 1 is 1.24 bits per heavy atom. The van der Waals surface area contributed by atoms with Gasteiger partial charge in [-0.25, -0.2) is 0 Å². The Bertz CT molecular complexity index is 528. The number of hydrogen-bond acceptors (Lipinski definition) is 5. The maximum atomic E-state index is 10.1. The van der Waals surface area contributed by atoms with Crippen LogP contribution in [0.15, 0.2) is 34.9 Å². The first-order valence-electron chi connectivity index (χ1n) is 7.27. The summed E-state index contributed by atoms with van der Waals surface area (Å²) in [4.78, 5) is 4.37. The van der Waals surface area contributed by atoms with Crippen LogP contribution in [-0.2, 0) is 12.2 Å². The lowest BCUT2D eigenvalue weighted by Gasteiger charge is -2.09. The molecule has 1 unspecified atom stereocenters. The van der Waals surface area contributed by atoms with Crippen molar-refractivity contribution in [3.63, 3.8) is 0 Å². The maximum Gasteiger partial charge on any atom is 0.236 e. The quantitative estimate of drug-likeness (QED) is 0.807. The largest absolute Gasteiger partial charge is 0.388 e. The fraction of sp³-hybridized carbons (Fsp3) is 0.500. The Hall–Kier alpha value is -1.33. The van der Waals surface area contributed by atoms with Gasteiger partial charge in [0.2, 0.25) is 5.89 Å². The molecule has 0 aliphatic heterocycles. The fourth-order valence-corrected chi connectivity index (χ4v) is 2.72. The molecular formula is C16H22N2O2S. The summed E-state index contributed by atoms with van der Waals surface area (Å²) in [7, 11) is 0. The van der Waals surface area contributed by atoms with Gasteiger partial charge in [0.25, 0.3) is 0 Å². The fourth-order valence-electron chi connectivity index (χ4n) is 1.90. The minimum atomic E-state index is -0.459. The first kappa shape index (κ1) is 16.0. The Balaban J connectivity index is 1.73. The predicted molar refractivity (Wildman–Crippen MR) is 85.0 cm³/mol. The molecule has 4 nitrogen and oxygen atoms in total. The van der Waals surface area contributed by atoms with Crippen LogP contribution in [0, 0.1) is 5.92 Å². The maximum absolute atomic E-state index is 10.1. The van der Waals surface area contributed by atoms with Gasteiger partial charge in [-0.2, -0.15) is 4.98 Å². The number of nitrogens with zero attached hydrogens (tertiary/aromatic N) is 2. The summed E-state index contributed by atoms with van der Waals surface area (Å²) < 4.78 is 5.22. The number of aliphatic hydroxyl groups is 1. The van der Waals surface area contributed by atoms with Crippen LogP contribution in [0.5, 0.6) is 0 Å². The van der Waals surface area contributed by atoms with E-state index in [1.54, 1.807) is 11.8 Å². The van der Waals surface area contributed by atoms with E-state index in [0.717, 1.165) is 24.2 Å². The molecule has 0 radical (unpaired) electrons. The van der Waals surface area contributed by atoms with Crippen molar-refractivity contribution in [1.29, 1.82) is 0 Å². The summed E-state index contributed by atoms with van der Waals surface area (Å²) in [5, 5.41) is 14.0. The highest BCUT2D eigenvalue weighted by Gasteiger charge is 2.10. The molecule has 114 valence electrons. The summed E-state index contributed by atoms with van der Waals surface area (Å²) >= 11 is 1.60. The molecule has 1 aromatic heterocycles. The van der Waals surface area contributed by atoms with E-state index in [2.05, 4.69) is 24.0 Å².